The molecule has 7 heterocycles. The molecule has 3 aliphatic heterocycles. The Balaban J connectivity index is 1.19. The van der Waals surface area contributed by atoms with Crippen LogP contribution in [0.4, 0.5) is 5.82 Å². The van der Waals surface area contributed by atoms with Gasteiger partial charge in [0, 0.05) is 61.3 Å². The van der Waals surface area contributed by atoms with Crippen LogP contribution in [0.25, 0.3) is 16.6 Å². The smallest absolute Gasteiger partial charge is 0.212 e. The number of anilines is 1. The summed E-state index contributed by atoms with van der Waals surface area (Å²) in [4.78, 5) is 14.0. The van der Waals surface area contributed by atoms with Gasteiger partial charge in [0.25, 0.3) is 0 Å². The minimum absolute atomic E-state index is 0.0820. The predicted molar refractivity (Wildman–Crippen MR) is 149 cm³/mol. The van der Waals surface area contributed by atoms with Crippen molar-refractivity contribution in [2.24, 2.45) is 0 Å². The Labute approximate surface area is 232 Å². The van der Waals surface area contributed by atoms with Crippen molar-refractivity contribution in [3.8, 4) is 41.2 Å². The van der Waals surface area contributed by atoms with Gasteiger partial charge in [-0.05, 0) is 37.1 Å². The molecular formula is C30H29N7O3. The summed E-state index contributed by atoms with van der Waals surface area (Å²) in [6, 6.07) is 13.0. The molecule has 0 radical (unpaired) electrons. The van der Waals surface area contributed by atoms with Gasteiger partial charge in [-0.3, -0.25) is 4.90 Å². The monoisotopic (exact) mass is 535 g/mol. The van der Waals surface area contributed by atoms with E-state index in [9.17, 15) is 10.4 Å². The number of pyridine rings is 3. The van der Waals surface area contributed by atoms with Crippen LogP contribution in [-0.4, -0.2) is 74.1 Å². The van der Waals surface area contributed by atoms with Crippen molar-refractivity contribution >= 4 is 11.3 Å². The molecule has 0 amide bonds. The van der Waals surface area contributed by atoms with Gasteiger partial charge in [-0.2, -0.15) is 10.4 Å². The van der Waals surface area contributed by atoms with Crippen molar-refractivity contribution in [1.29, 1.82) is 5.26 Å². The van der Waals surface area contributed by atoms with Crippen LogP contribution in [0, 0.1) is 23.7 Å². The average molecular weight is 536 g/mol. The molecule has 2 unspecified atom stereocenters. The molecule has 2 bridgehead atoms. The highest BCUT2D eigenvalue weighted by Crippen LogP contribution is 2.36. The number of hydrogen-bond donors (Lipinski definition) is 1. The molecule has 3 aliphatic rings. The molecule has 10 heteroatoms. The lowest BCUT2D eigenvalue weighted by molar-refractivity contribution is -0.00876. The summed E-state index contributed by atoms with van der Waals surface area (Å²) in [6.07, 6.45) is 13.5. The zero-order valence-electron chi connectivity index (χ0n) is 22.4. The maximum absolute atomic E-state index is 10.2. The van der Waals surface area contributed by atoms with E-state index in [1.807, 2.05) is 36.7 Å². The second-order valence-electron chi connectivity index (χ2n) is 10.5. The van der Waals surface area contributed by atoms with E-state index in [2.05, 4.69) is 37.9 Å². The largest absolute Gasteiger partial charge is 0.488 e. The molecule has 0 saturated carbocycles. The van der Waals surface area contributed by atoms with Gasteiger partial charge < -0.3 is 19.5 Å². The second kappa shape index (κ2) is 10.2. The number of piperazine rings is 1. The van der Waals surface area contributed by atoms with Gasteiger partial charge in [0.15, 0.2) is 5.60 Å². The van der Waals surface area contributed by atoms with Crippen molar-refractivity contribution in [1.82, 2.24) is 24.5 Å². The van der Waals surface area contributed by atoms with E-state index in [0.717, 1.165) is 36.6 Å². The summed E-state index contributed by atoms with van der Waals surface area (Å²) in [7, 11) is 1.62. The highest BCUT2D eigenvalue weighted by atomic mass is 16.5. The maximum atomic E-state index is 10.2. The Morgan fingerprint density at radius 2 is 1.98 bits per heavy atom. The number of nitrogens with zero attached hydrogens (tertiary/aromatic N) is 7. The average Bonchev–Trinajstić information content (AvgIpc) is 3.42. The van der Waals surface area contributed by atoms with E-state index >= 15 is 0 Å². The number of ether oxygens (including phenoxy) is 2. The molecule has 3 fully saturated rings. The zero-order valence-corrected chi connectivity index (χ0v) is 22.4. The molecule has 0 aliphatic carbocycles. The molecule has 0 aromatic carbocycles. The first-order valence-corrected chi connectivity index (χ1v) is 13.1. The highest BCUT2D eigenvalue weighted by molar-refractivity contribution is 5.85. The molecule has 3 atom stereocenters. The van der Waals surface area contributed by atoms with Crippen molar-refractivity contribution in [2.45, 2.75) is 37.6 Å². The van der Waals surface area contributed by atoms with Gasteiger partial charge in [-0.1, -0.05) is 12.0 Å². The maximum Gasteiger partial charge on any atom is 0.212 e. The molecule has 0 spiro atoms. The van der Waals surface area contributed by atoms with E-state index in [4.69, 9.17) is 20.9 Å². The number of terminal acetylenes is 1. The summed E-state index contributed by atoms with van der Waals surface area (Å²) >= 11 is 0. The lowest BCUT2D eigenvalue weighted by Crippen LogP contribution is -2.68. The summed E-state index contributed by atoms with van der Waals surface area (Å²) in [5.74, 6) is 4.33. The van der Waals surface area contributed by atoms with Gasteiger partial charge >= 0.3 is 0 Å². The quantitative estimate of drug-likeness (QED) is 0.340. The third kappa shape index (κ3) is 4.79. The Morgan fingerprint density at radius 1 is 1.15 bits per heavy atom. The number of nitriles is 1. The number of methoxy groups -OCH3 is 1. The summed E-state index contributed by atoms with van der Waals surface area (Å²) in [5, 5.41) is 24.1. The number of aliphatic hydroxyl groups is 1. The second-order valence-corrected chi connectivity index (χ2v) is 10.5. The molecule has 202 valence electrons. The Morgan fingerprint density at radius 3 is 2.62 bits per heavy atom. The van der Waals surface area contributed by atoms with Crippen LogP contribution in [0.1, 0.15) is 24.5 Å². The molecule has 3 saturated heterocycles. The number of piperidine rings is 1. The Kier molecular flexibility index (Phi) is 6.51. The van der Waals surface area contributed by atoms with E-state index in [-0.39, 0.29) is 6.61 Å². The first-order chi connectivity index (χ1) is 19.4. The number of aromatic nitrogens is 4. The fourth-order valence-electron chi connectivity index (χ4n) is 5.44. The minimum atomic E-state index is -1.41. The van der Waals surface area contributed by atoms with E-state index in [0.29, 0.717) is 34.8 Å². The lowest BCUT2D eigenvalue weighted by Gasteiger charge is -2.56. The predicted octanol–water partition coefficient (Wildman–Crippen LogP) is 2.90. The molecule has 1 N–H and O–H groups in total. The van der Waals surface area contributed by atoms with Gasteiger partial charge in [0.1, 0.15) is 24.2 Å². The fraction of sp³-hybridized carbons (Fsp3) is 0.333. The first kappa shape index (κ1) is 25.6. The van der Waals surface area contributed by atoms with Crippen LogP contribution in [-0.2, 0) is 6.54 Å². The topological polar surface area (TPSA) is 112 Å². The van der Waals surface area contributed by atoms with Gasteiger partial charge in [0.2, 0.25) is 5.88 Å². The molecule has 7 rings (SSSR count). The van der Waals surface area contributed by atoms with E-state index in [1.54, 1.807) is 17.8 Å². The molecular weight excluding hydrogens is 506 g/mol. The van der Waals surface area contributed by atoms with E-state index in [1.165, 1.54) is 25.1 Å². The normalized spacial score (nSPS) is 19.8. The minimum Gasteiger partial charge on any atom is -0.488 e. The summed E-state index contributed by atoms with van der Waals surface area (Å²) < 4.78 is 12.6. The standard InChI is InChI=1S/C30H29N7O3/c1-4-30(2,38)19-40-25-10-26(29-22(11-31)14-34-37(29)18-25)21-6-7-27(32-13-21)35-16-23-9-24(17-35)36(23)15-20-5-8-28(39-3)33-12-20/h1,5-8,10,12-14,18,23-24,38H,9,15-17,19H2,2-3H3/t23?,24?,30-/m0/s1. The molecule has 4 aromatic heterocycles. The highest BCUT2D eigenvalue weighted by Gasteiger charge is 2.44. The van der Waals surface area contributed by atoms with Gasteiger partial charge in [-0.25, -0.2) is 14.5 Å². The van der Waals surface area contributed by atoms with Crippen molar-refractivity contribution in [2.75, 3.05) is 31.7 Å². The lowest BCUT2D eigenvalue weighted by atomic mass is 9.87. The number of fused-ring (bicyclic) bond motifs is 3. The Bertz CT molecular complexity index is 1600. The van der Waals surface area contributed by atoms with Crippen LogP contribution in [0.3, 0.4) is 0 Å². The van der Waals surface area contributed by atoms with Crippen LogP contribution < -0.4 is 14.4 Å². The summed E-state index contributed by atoms with van der Waals surface area (Å²) in [6.45, 7) is 4.13. The molecule has 10 nitrogen and oxygen atoms in total. The molecule has 4 aromatic rings. The van der Waals surface area contributed by atoms with Crippen LogP contribution in [0.15, 0.2) is 55.1 Å². The third-order valence-corrected chi connectivity index (χ3v) is 7.64. The first-order valence-electron chi connectivity index (χ1n) is 13.1. The van der Waals surface area contributed by atoms with Crippen LogP contribution >= 0.6 is 0 Å². The number of hydrogen-bond acceptors (Lipinski definition) is 9. The summed E-state index contributed by atoms with van der Waals surface area (Å²) in [5.41, 5.74) is 2.47. The van der Waals surface area contributed by atoms with E-state index < -0.39 is 5.60 Å². The Hall–Kier alpha value is -4.64. The zero-order chi connectivity index (χ0) is 27.9. The molecule has 40 heavy (non-hydrogen) atoms. The fourth-order valence-corrected chi connectivity index (χ4v) is 5.44. The van der Waals surface area contributed by atoms with Gasteiger partial charge in [-0.15, -0.1) is 6.42 Å². The SMILES string of the molecule is C#C[C@](C)(O)COc1cc(-c2ccc(N3CC4CC(C3)N4Cc3ccc(OC)nc3)nc2)c2c(C#N)cnn2c1. The third-order valence-electron chi connectivity index (χ3n) is 7.64. The number of rotatable bonds is 8. The van der Waals surface area contributed by atoms with Crippen molar-refractivity contribution in [3.63, 3.8) is 0 Å². The van der Waals surface area contributed by atoms with Crippen molar-refractivity contribution in [3.05, 3.63) is 66.2 Å². The van der Waals surface area contributed by atoms with Crippen molar-refractivity contribution < 1.29 is 14.6 Å². The van der Waals surface area contributed by atoms with Crippen LogP contribution in [0.5, 0.6) is 11.6 Å². The van der Waals surface area contributed by atoms with Gasteiger partial charge in [0.05, 0.1) is 30.6 Å². The van der Waals surface area contributed by atoms with Crippen LogP contribution in [0.2, 0.25) is 0 Å².